The summed E-state index contributed by atoms with van der Waals surface area (Å²) in [5.74, 6) is 0.511. The molecule has 1 saturated heterocycles. The van der Waals surface area contributed by atoms with Crippen molar-refractivity contribution < 1.29 is 4.79 Å². The van der Waals surface area contributed by atoms with Gasteiger partial charge in [0.15, 0.2) is 5.96 Å². The van der Waals surface area contributed by atoms with Crippen LogP contribution < -0.4 is 16.0 Å². The fraction of sp³-hybridized carbons (Fsp3) is 0.391. The Kier molecular flexibility index (Phi) is 7.95. The van der Waals surface area contributed by atoms with Crippen LogP contribution in [0.3, 0.4) is 0 Å². The van der Waals surface area contributed by atoms with Crippen molar-refractivity contribution in [3.63, 3.8) is 0 Å². The minimum Gasteiger partial charge on any atom is -0.370 e. The quantitative estimate of drug-likeness (QED) is 0.362. The average Bonchev–Trinajstić information content (AvgIpc) is 3.22. The number of aliphatic imine (C=N–C) groups is 1. The van der Waals surface area contributed by atoms with Crippen molar-refractivity contribution in [3.8, 4) is 0 Å². The second-order valence-electron chi connectivity index (χ2n) is 7.68. The van der Waals surface area contributed by atoms with Gasteiger partial charge in [-0.3, -0.25) is 9.79 Å². The number of hydrogen-bond donors (Lipinski definition) is 2. The van der Waals surface area contributed by atoms with Crippen molar-refractivity contribution in [1.82, 2.24) is 4.90 Å². The maximum atomic E-state index is 12.5. The van der Waals surface area contributed by atoms with Crippen LogP contribution in [0.25, 0.3) is 0 Å². The van der Waals surface area contributed by atoms with E-state index < -0.39 is 0 Å². The smallest absolute Gasteiger partial charge is 0.224 e. The van der Waals surface area contributed by atoms with Crippen molar-refractivity contribution in [2.75, 3.05) is 42.9 Å². The largest absolute Gasteiger partial charge is 0.370 e. The summed E-state index contributed by atoms with van der Waals surface area (Å²) >= 11 is 0. The van der Waals surface area contributed by atoms with Gasteiger partial charge in [-0.15, -0.1) is 24.0 Å². The number of nitrogens with two attached hydrogens (primary N) is 1. The van der Waals surface area contributed by atoms with Crippen LogP contribution in [0.5, 0.6) is 0 Å². The molecule has 2 aromatic rings. The van der Waals surface area contributed by atoms with Crippen LogP contribution in [-0.4, -0.2) is 49.5 Å². The Hall–Kier alpha value is -2.29. The number of aryl methyl sites for hydroxylation is 2. The molecule has 2 aliphatic rings. The Morgan fingerprint density at radius 2 is 1.73 bits per heavy atom. The van der Waals surface area contributed by atoms with Gasteiger partial charge in [0.05, 0.1) is 6.54 Å². The number of benzene rings is 2. The minimum atomic E-state index is 0. The van der Waals surface area contributed by atoms with Gasteiger partial charge in [-0.25, -0.2) is 0 Å². The standard InChI is InChI=1S/C23H29N5O.HI/c24-23(26-20-10-9-18-5-4-6-19(18)17-20)25-12-11-22(29)28-15-13-27(14-16-28)21-7-2-1-3-8-21;/h1-3,7-10,17H,4-6,11-16H2,(H3,24,25,26);1H. The molecule has 6 nitrogen and oxygen atoms in total. The Bertz CT molecular complexity index is 878. The summed E-state index contributed by atoms with van der Waals surface area (Å²) in [6, 6.07) is 16.7. The Morgan fingerprint density at radius 3 is 2.50 bits per heavy atom. The first-order valence-corrected chi connectivity index (χ1v) is 10.5. The van der Waals surface area contributed by atoms with Crippen LogP contribution in [0, 0.1) is 0 Å². The van der Waals surface area contributed by atoms with E-state index in [1.54, 1.807) is 0 Å². The average molecular weight is 519 g/mol. The summed E-state index contributed by atoms with van der Waals surface area (Å²) in [6.07, 6.45) is 3.91. The number of guanidine groups is 1. The molecule has 4 rings (SSSR count). The number of rotatable bonds is 5. The molecular formula is C23H30IN5O. The predicted octanol–water partition coefficient (Wildman–Crippen LogP) is 3.26. The highest BCUT2D eigenvalue weighted by atomic mass is 127. The van der Waals surface area contributed by atoms with Crippen LogP contribution in [0.4, 0.5) is 11.4 Å². The maximum Gasteiger partial charge on any atom is 0.224 e. The number of nitrogens with zero attached hydrogens (tertiary/aromatic N) is 3. The molecule has 0 unspecified atom stereocenters. The molecule has 3 N–H and O–H groups in total. The molecule has 0 aromatic heterocycles. The molecule has 7 heteroatoms. The monoisotopic (exact) mass is 519 g/mol. The highest BCUT2D eigenvalue weighted by Gasteiger charge is 2.20. The molecule has 1 aliphatic carbocycles. The fourth-order valence-corrected chi connectivity index (χ4v) is 4.12. The van der Waals surface area contributed by atoms with Gasteiger partial charge in [-0.05, 0) is 54.7 Å². The van der Waals surface area contributed by atoms with Crippen molar-refractivity contribution in [2.45, 2.75) is 25.7 Å². The normalized spacial score (nSPS) is 16.1. The lowest BCUT2D eigenvalue weighted by Crippen LogP contribution is -2.48. The summed E-state index contributed by atoms with van der Waals surface area (Å²) in [5.41, 5.74) is 11.0. The van der Waals surface area contributed by atoms with E-state index in [-0.39, 0.29) is 29.9 Å². The number of fused-ring (bicyclic) bond motifs is 1. The first-order valence-electron chi connectivity index (χ1n) is 10.5. The number of halogens is 1. The van der Waals surface area contributed by atoms with Crippen LogP contribution >= 0.6 is 24.0 Å². The van der Waals surface area contributed by atoms with Gasteiger partial charge >= 0.3 is 0 Å². The van der Waals surface area contributed by atoms with Gasteiger partial charge in [0, 0.05) is 44.0 Å². The lowest BCUT2D eigenvalue weighted by molar-refractivity contribution is -0.131. The summed E-state index contributed by atoms with van der Waals surface area (Å²) < 4.78 is 0. The highest BCUT2D eigenvalue weighted by molar-refractivity contribution is 14.0. The van der Waals surface area contributed by atoms with Crippen LogP contribution in [-0.2, 0) is 17.6 Å². The molecule has 0 atom stereocenters. The summed E-state index contributed by atoms with van der Waals surface area (Å²) in [4.78, 5) is 21.1. The van der Waals surface area contributed by atoms with E-state index in [0.29, 0.717) is 18.9 Å². The molecule has 1 heterocycles. The van der Waals surface area contributed by atoms with Crippen molar-refractivity contribution in [3.05, 3.63) is 59.7 Å². The van der Waals surface area contributed by atoms with E-state index in [0.717, 1.165) is 38.3 Å². The minimum absolute atomic E-state index is 0. The first kappa shape index (κ1) is 22.4. The second-order valence-corrected chi connectivity index (χ2v) is 7.68. The van der Waals surface area contributed by atoms with E-state index in [1.807, 2.05) is 29.2 Å². The van der Waals surface area contributed by atoms with Gasteiger partial charge in [-0.2, -0.15) is 0 Å². The molecule has 1 aliphatic heterocycles. The third-order valence-corrected chi connectivity index (χ3v) is 5.73. The molecular weight excluding hydrogens is 489 g/mol. The second kappa shape index (κ2) is 10.7. The van der Waals surface area contributed by atoms with Gasteiger partial charge in [-0.1, -0.05) is 24.3 Å². The van der Waals surface area contributed by atoms with E-state index in [2.05, 4.69) is 39.5 Å². The predicted molar refractivity (Wildman–Crippen MR) is 134 cm³/mol. The number of amides is 1. The third-order valence-electron chi connectivity index (χ3n) is 5.73. The summed E-state index contributed by atoms with van der Waals surface area (Å²) in [6.45, 7) is 3.63. The lowest BCUT2D eigenvalue weighted by atomic mass is 10.1. The zero-order valence-electron chi connectivity index (χ0n) is 17.2. The molecule has 1 fully saturated rings. The molecule has 30 heavy (non-hydrogen) atoms. The molecule has 1 amide bonds. The number of piperazine rings is 1. The SMILES string of the molecule is I.NC(=NCCC(=O)N1CCN(c2ccccc2)CC1)Nc1ccc2c(c1)CCC2. The van der Waals surface area contributed by atoms with Crippen molar-refractivity contribution >= 4 is 47.2 Å². The van der Waals surface area contributed by atoms with Crippen LogP contribution in [0.1, 0.15) is 24.0 Å². The molecule has 0 spiro atoms. The number of carbonyl (C=O) groups excluding carboxylic acids is 1. The van der Waals surface area contributed by atoms with E-state index in [4.69, 9.17) is 5.73 Å². The highest BCUT2D eigenvalue weighted by Crippen LogP contribution is 2.24. The number of anilines is 2. The Morgan fingerprint density at radius 1 is 1.00 bits per heavy atom. The van der Waals surface area contributed by atoms with Gasteiger partial charge < -0.3 is 20.9 Å². The number of carbonyl (C=O) groups is 1. The summed E-state index contributed by atoms with van der Waals surface area (Å²) in [7, 11) is 0. The maximum absolute atomic E-state index is 12.5. The molecule has 160 valence electrons. The van der Waals surface area contributed by atoms with Crippen molar-refractivity contribution in [1.29, 1.82) is 0 Å². The lowest BCUT2D eigenvalue weighted by Gasteiger charge is -2.36. The van der Waals surface area contributed by atoms with Crippen LogP contribution in [0.2, 0.25) is 0 Å². The van der Waals surface area contributed by atoms with Crippen LogP contribution in [0.15, 0.2) is 53.5 Å². The zero-order chi connectivity index (χ0) is 20.1. The van der Waals surface area contributed by atoms with E-state index >= 15 is 0 Å². The molecule has 0 radical (unpaired) electrons. The number of nitrogens with one attached hydrogen (secondary N) is 1. The van der Waals surface area contributed by atoms with Gasteiger partial charge in [0.1, 0.15) is 0 Å². The van der Waals surface area contributed by atoms with Crippen molar-refractivity contribution in [2.24, 2.45) is 10.7 Å². The Balaban J connectivity index is 0.00000256. The molecule has 0 saturated carbocycles. The number of para-hydroxylation sites is 1. The van der Waals surface area contributed by atoms with E-state index in [1.165, 1.54) is 29.7 Å². The zero-order valence-corrected chi connectivity index (χ0v) is 19.5. The Labute approximate surface area is 195 Å². The molecule has 2 aromatic carbocycles. The first-order chi connectivity index (χ1) is 14.2. The summed E-state index contributed by atoms with van der Waals surface area (Å²) in [5, 5.41) is 3.15. The van der Waals surface area contributed by atoms with Gasteiger partial charge in [0.25, 0.3) is 0 Å². The fourth-order valence-electron chi connectivity index (χ4n) is 4.12. The van der Waals surface area contributed by atoms with Gasteiger partial charge in [0.2, 0.25) is 5.91 Å². The number of hydrogen-bond acceptors (Lipinski definition) is 3. The molecule has 0 bridgehead atoms. The van der Waals surface area contributed by atoms with E-state index in [9.17, 15) is 4.79 Å². The third kappa shape index (κ3) is 5.65. The topological polar surface area (TPSA) is 74.0 Å².